The molecule has 0 aliphatic carbocycles. The Kier molecular flexibility index (Phi) is 5.48. The lowest BCUT2D eigenvalue weighted by molar-refractivity contribution is 0.611. The largest absolute Gasteiger partial charge is 0.449 e. The summed E-state index contributed by atoms with van der Waals surface area (Å²) in [7, 11) is 0.0340. The molecule has 0 saturated carbocycles. The fourth-order valence-electron chi connectivity index (χ4n) is 3.20. The van der Waals surface area contributed by atoms with Crippen LogP contribution < -0.4 is 5.22 Å². The molecule has 2 aromatic heterocycles. The third-order valence-electron chi connectivity index (χ3n) is 4.29. The lowest BCUT2D eigenvalue weighted by atomic mass is 9.88. The lowest BCUT2D eigenvalue weighted by Gasteiger charge is -2.02. The number of aryl methyl sites for hydroxylation is 2. The van der Waals surface area contributed by atoms with Gasteiger partial charge >= 0.3 is 0 Å². The summed E-state index contributed by atoms with van der Waals surface area (Å²) < 4.78 is 2.24. The first-order valence-corrected chi connectivity index (χ1v) is 8.01. The van der Waals surface area contributed by atoms with E-state index in [-0.39, 0.29) is 7.48 Å². The van der Waals surface area contributed by atoms with Gasteiger partial charge in [-0.3, -0.25) is 0 Å². The van der Waals surface area contributed by atoms with Crippen molar-refractivity contribution < 1.29 is 5.02 Å². The fourth-order valence-corrected chi connectivity index (χ4v) is 3.20. The van der Waals surface area contributed by atoms with E-state index in [0.29, 0.717) is 0 Å². The molecular formula is C21H24BNO. The molecule has 0 aromatic carbocycles. The van der Waals surface area contributed by atoms with E-state index in [1.807, 2.05) is 31.2 Å². The predicted octanol–water partition coefficient (Wildman–Crippen LogP) is 3.79. The Morgan fingerprint density at radius 1 is 1.12 bits per heavy atom. The Hall–Kier alpha value is -2.52. The summed E-state index contributed by atoms with van der Waals surface area (Å²) >= 11 is 0. The highest BCUT2D eigenvalue weighted by Crippen LogP contribution is 2.28. The summed E-state index contributed by atoms with van der Waals surface area (Å²) in [6.07, 6.45) is 13.5. The molecule has 2 aromatic rings. The normalized spacial score (nSPS) is 13.0. The molecule has 0 bridgehead atoms. The fraction of sp³-hybridized carbons (Fsp3) is 0.143. The summed E-state index contributed by atoms with van der Waals surface area (Å²) in [5.74, 6) is 0. The molecule has 0 spiro atoms. The summed E-state index contributed by atoms with van der Waals surface area (Å²) in [5.41, 5.74) is 7.72. The topological polar surface area (TPSA) is 24.6 Å². The SMILES string of the molecule is C=C/C=C\c1c(C)c2/c(=C\C=C)c(C=C)c(/C=C(\C)BO)n2c1C. The van der Waals surface area contributed by atoms with Crippen LogP contribution in [0.3, 0.4) is 0 Å². The van der Waals surface area contributed by atoms with E-state index in [9.17, 15) is 5.02 Å². The van der Waals surface area contributed by atoms with E-state index in [4.69, 9.17) is 0 Å². The maximum Gasteiger partial charge on any atom is 0.300 e. The van der Waals surface area contributed by atoms with Gasteiger partial charge in [0.2, 0.25) is 0 Å². The van der Waals surface area contributed by atoms with Crippen molar-refractivity contribution in [1.29, 1.82) is 0 Å². The highest BCUT2D eigenvalue weighted by atomic mass is 16.2. The van der Waals surface area contributed by atoms with Crippen molar-refractivity contribution in [3.8, 4) is 0 Å². The van der Waals surface area contributed by atoms with Crippen LogP contribution in [-0.2, 0) is 0 Å². The second-order valence-electron chi connectivity index (χ2n) is 5.87. The first kappa shape index (κ1) is 17.8. The van der Waals surface area contributed by atoms with E-state index < -0.39 is 0 Å². The highest BCUT2D eigenvalue weighted by molar-refractivity contribution is 6.37. The zero-order chi connectivity index (χ0) is 17.9. The number of rotatable bonds is 6. The number of aromatic nitrogens is 1. The predicted molar refractivity (Wildman–Crippen MR) is 109 cm³/mol. The monoisotopic (exact) mass is 317 g/mol. The molecule has 2 nitrogen and oxygen atoms in total. The molecule has 0 radical (unpaired) electrons. The molecule has 2 heterocycles. The van der Waals surface area contributed by atoms with Crippen molar-refractivity contribution in [3.63, 3.8) is 0 Å². The zero-order valence-electron chi connectivity index (χ0n) is 14.8. The van der Waals surface area contributed by atoms with Crippen LogP contribution in [0.1, 0.15) is 35.0 Å². The van der Waals surface area contributed by atoms with Gasteiger partial charge in [-0.05, 0) is 38.0 Å². The van der Waals surface area contributed by atoms with Crippen LogP contribution in [0, 0.1) is 13.8 Å². The van der Waals surface area contributed by atoms with E-state index >= 15 is 0 Å². The van der Waals surface area contributed by atoms with Gasteiger partial charge in [0.25, 0.3) is 7.48 Å². The Labute approximate surface area is 144 Å². The Morgan fingerprint density at radius 2 is 1.83 bits per heavy atom. The van der Waals surface area contributed by atoms with Crippen molar-refractivity contribution in [2.24, 2.45) is 0 Å². The number of hydrogen-bond acceptors (Lipinski definition) is 1. The third kappa shape index (κ3) is 2.83. The maximum absolute atomic E-state index is 9.44. The first-order valence-electron chi connectivity index (χ1n) is 8.01. The molecule has 122 valence electrons. The first-order chi connectivity index (χ1) is 11.5. The van der Waals surface area contributed by atoms with E-state index in [2.05, 4.69) is 44.1 Å². The van der Waals surface area contributed by atoms with Gasteiger partial charge < -0.3 is 9.42 Å². The summed E-state index contributed by atoms with van der Waals surface area (Å²) in [5, 5.41) is 10.5. The van der Waals surface area contributed by atoms with E-state index in [1.54, 1.807) is 12.2 Å². The van der Waals surface area contributed by atoms with Crippen LogP contribution in [0.2, 0.25) is 0 Å². The lowest BCUT2D eigenvalue weighted by Crippen LogP contribution is -2.02. The molecule has 0 aliphatic heterocycles. The molecule has 2 rings (SSSR count). The number of fused-ring (bicyclic) bond motifs is 1. The Morgan fingerprint density at radius 3 is 2.38 bits per heavy atom. The minimum Gasteiger partial charge on any atom is -0.449 e. The number of hydrogen-bond donors (Lipinski definition) is 1. The van der Waals surface area contributed by atoms with Gasteiger partial charge in [0.15, 0.2) is 0 Å². The summed E-state index contributed by atoms with van der Waals surface area (Å²) in [6.45, 7) is 17.8. The van der Waals surface area contributed by atoms with E-state index in [0.717, 1.165) is 33.2 Å². The summed E-state index contributed by atoms with van der Waals surface area (Å²) in [6, 6.07) is 0. The van der Waals surface area contributed by atoms with Crippen LogP contribution in [-0.4, -0.2) is 16.9 Å². The summed E-state index contributed by atoms with van der Waals surface area (Å²) in [4.78, 5) is 0. The average Bonchev–Trinajstić information content (AvgIpc) is 3.00. The van der Waals surface area contributed by atoms with Gasteiger partial charge in [-0.15, -0.1) is 0 Å². The van der Waals surface area contributed by atoms with Gasteiger partial charge in [-0.2, -0.15) is 0 Å². The molecule has 0 unspecified atom stereocenters. The molecule has 0 saturated heterocycles. The molecule has 0 atom stereocenters. The smallest absolute Gasteiger partial charge is 0.300 e. The van der Waals surface area contributed by atoms with Crippen LogP contribution in [0.5, 0.6) is 0 Å². The van der Waals surface area contributed by atoms with Crippen molar-refractivity contribution in [3.05, 3.63) is 76.7 Å². The van der Waals surface area contributed by atoms with Crippen LogP contribution in [0.25, 0.3) is 29.8 Å². The maximum atomic E-state index is 9.44. The van der Waals surface area contributed by atoms with Gasteiger partial charge in [0.1, 0.15) is 0 Å². The minimum absolute atomic E-state index is 0.0340. The number of allylic oxidation sites excluding steroid dienone is 4. The van der Waals surface area contributed by atoms with Gasteiger partial charge in [-0.25, -0.2) is 0 Å². The Bertz CT molecular complexity index is 926. The Balaban J connectivity index is 3.07. The minimum atomic E-state index is 0.0340. The van der Waals surface area contributed by atoms with Gasteiger partial charge in [-0.1, -0.05) is 61.7 Å². The highest BCUT2D eigenvalue weighted by Gasteiger charge is 2.18. The molecule has 24 heavy (non-hydrogen) atoms. The molecule has 0 fully saturated rings. The molecular weight excluding hydrogens is 293 g/mol. The van der Waals surface area contributed by atoms with Crippen molar-refractivity contribution in [2.75, 3.05) is 0 Å². The second kappa shape index (κ2) is 7.37. The van der Waals surface area contributed by atoms with Crippen molar-refractivity contribution in [1.82, 2.24) is 4.40 Å². The van der Waals surface area contributed by atoms with Crippen molar-refractivity contribution >= 4 is 37.3 Å². The number of nitrogens with zero attached hydrogens (tertiary/aromatic N) is 1. The zero-order valence-corrected chi connectivity index (χ0v) is 14.8. The molecule has 1 N–H and O–H groups in total. The van der Waals surface area contributed by atoms with Gasteiger partial charge in [0.05, 0.1) is 11.2 Å². The van der Waals surface area contributed by atoms with Crippen LogP contribution >= 0.6 is 0 Å². The van der Waals surface area contributed by atoms with Gasteiger partial charge in [0, 0.05) is 16.5 Å². The molecule has 3 heteroatoms. The second-order valence-corrected chi connectivity index (χ2v) is 5.87. The third-order valence-corrected chi connectivity index (χ3v) is 4.29. The molecule has 0 amide bonds. The average molecular weight is 317 g/mol. The van der Waals surface area contributed by atoms with E-state index in [1.165, 1.54) is 11.1 Å². The van der Waals surface area contributed by atoms with Crippen LogP contribution in [0.4, 0.5) is 0 Å². The standard InChI is InChI=1S/C21H24BNO/c1-7-10-12-18-15(5)21-19(11-8-2)17(9-3)20(13-14(4)22-24)23(21)16(18)6/h7-13,22,24H,1-3H2,4-6H3/b12-10-,14-13+,19-11-. The van der Waals surface area contributed by atoms with Crippen molar-refractivity contribution in [2.45, 2.75) is 20.8 Å². The molecule has 0 aliphatic rings. The van der Waals surface area contributed by atoms with Crippen LogP contribution in [0.15, 0.2) is 43.4 Å². The quantitative estimate of drug-likeness (QED) is 0.636.